The summed E-state index contributed by atoms with van der Waals surface area (Å²) in [5.41, 5.74) is 2.54. The standard InChI is InChI=1S/C39H37N3O5S/c1-3-4-25-46-32-19-15-30(16-20-32)40-37(43)27(2)48-34-22-17-31(18-23-34)41-39(45)35(42-38(44)29-13-9-6-10-14-29)26-33-21-24-36(47-33)28-11-7-5-8-12-28/h5-24,26-27H,3-4,25H2,1-2H3,(H,40,43)(H,41,45)(H,42,44)/b35-26-/t27-/m0/s1. The van der Waals surface area contributed by atoms with Crippen LogP contribution in [-0.4, -0.2) is 29.6 Å². The molecule has 8 nitrogen and oxygen atoms in total. The van der Waals surface area contributed by atoms with Gasteiger partial charge in [0.25, 0.3) is 11.8 Å². The number of anilines is 2. The van der Waals surface area contributed by atoms with Crippen molar-refractivity contribution in [1.82, 2.24) is 5.32 Å². The molecule has 1 heterocycles. The third kappa shape index (κ3) is 9.73. The molecular formula is C39H37N3O5S. The highest BCUT2D eigenvalue weighted by atomic mass is 32.2. The molecule has 0 saturated carbocycles. The van der Waals surface area contributed by atoms with Crippen LogP contribution < -0.4 is 20.7 Å². The maximum Gasteiger partial charge on any atom is 0.272 e. The fourth-order valence-corrected chi connectivity index (χ4v) is 5.43. The lowest BCUT2D eigenvalue weighted by atomic mass is 10.2. The summed E-state index contributed by atoms with van der Waals surface area (Å²) < 4.78 is 11.7. The first-order chi connectivity index (χ1) is 23.4. The van der Waals surface area contributed by atoms with Crippen LogP contribution in [0.2, 0.25) is 0 Å². The smallest absolute Gasteiger partial charge is 0.272 e. The van der Waals surface area contributed by atoms with Crippen LogP contribution in [0.25, 0.3) is 17.4 Å². The van der Waals surface area contributed by atoms with E-state index in [2.05, 4.69) is 22.9 Å². The molecule has 0 fully saturated rings. The number of hydrogen-bond acceptors (Lipinski definition) is 6. The zero-order valence-electron chi connectivity index (χ0n) is 26.8. The van der Waals surface area contributed by atoms with E-state index in [-0.39, 0.29) is 16.9 Å². The van der Waals surface area contributed by atoms with Crippen molar-refractivity contribution in [1.29, 1.82) is 0 Å². The molecule has 48 heavy (non-hydrogen) atoms. The van der Waals surface area contributed by atoms with Crippen molar-refractivity contribution in [3.8, 4) is 17.1 Å². The Balaban J connectivity index is 1.22. The van der Waals surface area contributed by atoms with Crippen molar-refractivity contribution in [2.45, 2.75) is 36.8 Å². The van der Waals surface area contributed by atoms with Gasteiger partial charge in [-0.05, 0) is 86.1 Å². The molecular weight excluding hydrogens is 623 g/mol. The predicted molar refractivity (Wildman–Crippen MR) is 192 cm³/mol. The molecule has 5 aromatic rings. The normalized spacial score (nSPS) is 11.8. The van der Waals surface area contributed by atoms with Gasteiger partial charge in [0.2, 0.25) is 5.91 Å². The van der Waals surface area contributed by atoms with Crippen molar-refractivity contribution in [3.05, 3.63) is 138 Å². The summed E-state index contributed by atoms with van der Waals surface area (Å²) >= 11 is 1.40. The van der Waals surface area contributed by atoms with E-state index in [4.69, 9.17) is 9.15 Å². The molecule has 0 radical (unpaired) electrons. The van der Waals surface area contributed by atoms with Crippen LogP contribution in [0.15, 0.2) is 136 Å². The zero-order valence-corrected chi connectivity index (χ0v) is 27.6. The van der Waals surface area contributed by atoms with Crippen LogP contribution in [0.4, 0.5) is 11.4 Å². The molecule has 0 saturated heterocycles. The first kappa shape index (κ1) is 33.8. The second-order valence-corrected chi connectivity index (χ2v) is 12.3. The highest BCUT2D eigenvalue weighted by Gasteiger charge is 2.18. The molecule has 0 spiro atoms. The molecule has 4 aromatic carbocycles. The van der Waals surface area contributed by atoms with Crippen LogP contribution in [0, 0.1) is 0 Å². The van der Waals surface area contributed by atoms with Crippen molar-refractivity contribution in [2.24, 2.45) is 0 Å². The Hall–Kier alpha value is -5.54. The monoisotopic (exact) mass is 659 g/mol. The minimum atomic E-state index is -0.521. The number of unbranched alkanes of at least 4 members (excludes halogenated alkanes) is 1. The van der Waals surface area contributed by atoms with Gasteiger partial charge in [-0.2, -0.15) is 0 Å². The number of rotatable bonds is 14. The summed E-state index contributed by atoms with van der Waals surface area (Å²) in [6.07, 6.45) is 3.56. The van der Waals surface area contributed by atoms with Gasteiger partial charge in [-0.15, -0.1) is 11.8 Å². The number of benzene rings is 4. The van der Waals surface area contributed by atoms with Crippen LogP contribution in [0.3, 0.4) is 0 Å². The number of amides is 3. The first-order valence-electron chi connectivity index (χ1n) is 15.7. The Bertz CT molecular complexity index is 1840. The maximum atomic E-state index is 13.5. The summed E-state index contributed by atoms with van der Waals surface area (Å²) in [6, 6.07) is 36.3. The maximum absolute atomic E-state index is 13.5. The van der Waals surface area contributed by atoms with Crippen molar-refractivity contribution >= 4 is 46.9 Å². The van der Waals surface area contributed by atoms with Gasteiger partial charge in [-0.25, -0.2) is 0 Å². The third-order valence-corrected chi connectivity index (χ3v) is 8.30. The Labute approximate surface area is 284 Å². The van der Waals surface area contributed by atoms with E-state index in [1.807, 2.05) is 85.8 Å². The number of carbonyl (C=O) groups is 3. The molecule has 0 aliphatic carbocycles. The van der Waals surface area contributed by atoms with Gasteiger partial charge in [0.05, 0.1) is 11.9 Å². The minimum absolute atomic E-state index is 0.0158. The molecule has 0 bridgehead atoms. The number of hydrogen-bond donors (Lipinski definition) is 3. The van der Waals surface area contributed by atoms with Crippen LogP contribution in [-0.2, 0) is 9.59 Å². The lowest BCUT2D eigenvalue weighted by Crippen LogP contribution is -2.30. The Kier molecular flexibility index (Phi) is 11.9. The largest absolute Gasteiger partial charge is 0.494 e. The number of thioether (sulfide) groups is 1. The second-order valence-electron chi connectivity index (χ2n) is 10.9. The van der Waals surface area contributed by atoms with Crippen molar-refractivity contribution in [3.63, 3.8) is 0 Å². The van der Waals surface area contributed by atoms with E-state index in [1.165, 1.54) is 17.8 Å². The lowest BCUT2D eigenvalue weighted by molar-refractivity contribution is -0.115. The summed E-state index contributed by atoms with van der Waals surface area (Å²) in [4.78, 5) is 40.2. The molecule has 3 N–H and O–H groups in total. The topological polar surface area (TPSA) is 110 Å². The quantitative estimate of drug-likeness (QED) is 0.0626. The van der Waals surface area contributed by atoms with Gasteiger partial charge in [0.15, 0.2) is 0 Å². The summed E-state index contributed by atoms with van der Waals surface area (Å²) in [5, 5.41) is 8.15. The highest BCUT2D eigenvalue weighted by molar-refractivity contribution is 8.00. The predicted octanol–water partition coefficient (Wildman–Crippen LogP) is 8.65. The number of carbonyl (C=O) groups excluding carboxylic acids is 3. The Morgan fingerprint density at radius 2 is 1.44 bits per heavy atom. The number of ether oxygens (including phenoxy) is 1. The van der Waals surface area contributed by atoms with Gasteiger partial charge in [0.1, 0.15) is 23.0 Å². The zero-order chi connectivity index (χ0) is 33.7. The molecule has 0 aliphatic rings. The van der Waals surface area contributed by atoms with E-state index in [1.54, 1.807) is 42.5 Å². The fourth-order valence-electron chi connectivity index (χ4n) is 4.56. The fraction of sp³-hybridized carbons (Fsp3) is 0.154. The SMILES string of the molecule is CCCCOc1ccc(NC(=O)[C@H](C)Sc2ccc(NC(=O)/C(=C/c3ccc(-c4ccccc4)o3)NC(=O)c3ccccc3)cc2)cc1. The summed E-state index contributed by atoms with van der Waals surface area (Å²) in [6.45, 7) is 4.62. The third-order valence-electron chi connectivity index (χ3n) is 7.18. The van der Waals surface area contributed by atoms with E-state index in [0.29, 0.717) is 35.1 Å². The van der Waals surface area contributed by atoms with Gasteiger partial charge in [0, 0.05) is 33.5 Å². The summed E-state index contributed by atoms with van der Waals surface area (Å²) in [5.74, 6) is 0.735. The van der Waals surface area contributed by atoms with E-state index < -0.39 is 11.8 Å². The average molecular weight is 660 g/mol. The van der Waals surface area contributed by atoms with Gasteiger partial charge in [-0.3, -0.25) is 14.4 Å². The molecule has 9 heteroatoms. The molecule has 244 valence electrons. The first-order valence-corrected chi connectivity index (χ1v) is 16.6. The molecule has 5 rings (SSSR count). The van der Waals surface area contributed by atoms with Crippen LogP contribution in [0.1, 0.15) is 42.8 Å². The molecule has 1 atom stereocenters. The molecule has 0 unspecified atom stereocenters. The van der Waals surface area contributed by atoms with E-state index in [9.17, 15) is 14.4 Å². The van der Waals surface area contributed by atoms with Crippen LogP contribution in [0.5, 0.6) is 5.75 Å². The van der Waals surface area contributed by atoms with Gasteiger partial charge >= 0.3 is 0 Å². The number of nitrogens with one attached hydrogen (secondary N) is 3. The molecule has 0 aliphatic heterocycles. The lowest BCUT2D eigenvalue weighted by Gasteiger charge is -2.14. The van der Waals surface area contributed by atoms with E-state index >= 15 is 0 Å². The highest BCUT2D eigenvalue weighted by Crippen LogP contribution is 2.27. The number of furan rings is 1. The molecule has 1 aromatic heterocycles. The Morgan fingerprint density at radius 3 is 2.12 bits per heavy atom. The van der Waals surface area contributed by atoms with Crippen LogP contribution >= 0.6 is 11.8 Å². The van der Waals surface area contributed by atoms with Gasteiger partial charge < -0.3 is 25.1 Å². The Morgan fingerprint density at radius 1 is 0.792 bits per heavy atom. The molecule has 3 amide bonds. The van der Waals surface area contributed by atoms with Crippen molar-refractivity contribution in [2.75, 3.05) is 17.2 Å². The average Bonchev–Trinajstić information content (AvgIpc) is 3.59. The van der Waals surface area contributed by atoms with Gasteiger partial charge in [-0.1, -0.05) is 61.9 Å². The summed E-state index contributed by atoms with van der Waals surface area (Å²) in [7, 11) is 0. The van der Waals surface area contributed by atoms with Crippen molar-refractivity contribution < 1.29 is 23.5 Å². The minimum Gasteiger partial charge on any atom is -0.494 e. The van der Waals surface area contributed by atoms with E-state index in [0.717, 1.165) is 29.1 Å². The second kappa shape index (κ2) is 16.9.